The third-order valence-electron chi connectivity index (χ3n) is 5.38. The molecule has 0 aliphatic carbocycles. The van der Waals surface area contributed by atoms with Crippen molar-refractivity contribution in [2.24, 2.45) is 0 Å². The molecule has 2 aromatic carbocycles. The number of nitrogens with zero attached hydrogens (tertiary/aromatic N) is 3. The summed E-state index contributed by atoms with van der Waals surface area (Å²) < 4.78 is 37.2. The molecule has 0 aliphatic rings. The number of rotatable bonds is 10. The average molecular weight is 573 g/mol. The number of amides is 1. The second-order valence-electron chi connectivity index (χ2n) is 8.14. The summed E-state index contributed by atoms with van der Waals surface area (Å²) in [5, 5.41) is 16.5. The molecule has 0 bridgehead atoms. The lowest BCUT2D eigenvalue weighted by Crippen LogP contribution is -2.28. The fraction of sp³-hybridized carbons (Fsp3) is 0.208. The van der Waals surface area contributed by atoms with Gasteiger partial charge in [0.15, 0.2) is 16.6 Å². The van der Waals surface area contributed by atoms with Crippen LogP contribution in [0.1, 0.15) is 27.9 Å². The Morgan fingerprint density at radius 3 is 2.28 bits per heavy atom. The van der Waals surface area contributed by atoms with Gasteiger partial charge in [0.25, 0.3) is 10.0 Å². The number of carbonyl (C=O) groups is 2. The molecule has 0 saturated heterocycles. The van der Waals surface area contributed by atoms with Crippen molar-refractivity contribution in [1.82, 2.24) is 19.7 Å². The number of anilines is 3. The maximum Gasteiger partial charge on any atom is 0.347 e. The van der Waals surface area contributed by atoms with Gasteiger partial charge in [0, 0.05) is 24.9 Å². The zero-order valence-electron chi connectivity index (χ0n) is 21.2. The van der Waals surface area contributed by atoms with Crippen molar-refractivity contribution >= 4 is 61.0 Å². The number of nitrogens with one attached hydrogen (secondary N) is 3. The second-order valence-corrected chi connectivity index (χ2v) is 10.8. The lowest BCUT2D eigenvalue weighted by atomic mass is 10.2. The third kappa shape index (κ3) is 6.15. The molecule has 4 aromatic rings. The SMILES string of the molecule is COc1cc2nc(Nc3nc(C)c(C(=O)O)s3)nc(NCc3ccc(S(=O)(=O)NC(C)=O)cc3)c2cc1OC. The fourth-order valence-corrected chi connectivity index (χ4v) is 5.40. The monoisotopic (exact) mass is 572 g/mol. The quantitative estimate of drug-likeness (QED) is 0.218. The molecule has 0 aliphatic heterocycles. The highest BCUT2D eigenvalue weighted by Gasteiger charge is 2.18. The van der Waals surface area contributed by atoms with E-state index in [0.29, 0.717) is 39.0 Å². The van der Waals surface area contributed by atoms with E-state index in [1.165, 1.54) is 26.4 Å². The van der Waals surface area contributed by atoms with E-state index in [9.17, 15) is 23.1 Å². The van der Waals surface area contributed by atoms with E-state index in [0.717, 1.165) is 23.8 Å². The Kier molecular flexibility index (Phi) is 7.83. The predicted molar refractivity (Wildman–Crippen MR) is 145 cm³/mol. The number of aromatic carboxylic acids is 1. The van der Waals surface area contributed by atoms with E-state index in [-0.39, 0.29) is 22.3 Å². The van der Waals surface area contributed by atoms with E-state index in [2.05, 4.69) is 25.6 Å². The molecular formula is C24H24N6O7S2. The van der Waals surface area contributed by atoms with E-state index in [1.54, 1.807) is 31.2 Å². The first-order valence-corrected chi connectivity index (χ1v) is 13.6. The van der Waals surface area contributed by atoms with Gasteiger partial charge in [0.05, 0.1) is 30.3 Å². The molecule has 0 fully saturated rings. The third-order valence-corrected chi connectivity index (χ3v) is 7.89. The first-order chi connectivity index (χ1) is 18.5. The summed E-state index contributed by atoms with van der Waals surface area (Å²) in [6.07, 6.45) is 0. The minimum absolute atomic E-state index is 0.0447. The zero-order chi connectivity index (χ0) is 28.3. The highest BCUT2D eigenvalue weighted by atomic mass is 32.2. The highest BCUT2D eigenvalue weighted by Crippen LogP contribution is 2.35. The van der Waals surface area contributed by atoms with Gasteiger partial charge in [-0.1, -0.05) is 23.5 Å². The van der Waals surface area contributed by atoms with Gasteiger partial charge in [-0.05, 0) is 30.7 Å². The van der Waals surface area contributed by atoms with Gasteiger partial charge in [-0.3, -0.25) is 10.1 Å². The van der Waals surface area contributed by atoms with Crippen LogP contribution >= 0.6 is 11.3 Å². The van der Waals surface area contributed by atoms with Gasteiger partial charge in [-0.2, -0.15) is 4.98 Å². The molecule has 13 nitrogen and oxygen atoms in total. The van der Waals surface area contributed by atoms with Crippen LogP contribution in [0.4, 0.5) is 16.9 Å². The molecular weight excluding hydrogens is 548 g/mol. The number of hydrogen-bond acceptors (Lipinski definition) is 12. The Bertz CT molecular complexity index is 1670. The van der Waals surface area contributed by atoms with Gasteiger partial charge in [0.1, 0.15) is 10.7 Å². The van der Waals surface area contributed by atoms with Crippen molar-refractivity contribution < 1.29 is 32.6 Å². The lowest BCUT2D eigenvalue weighted by molar-refractivity contribution is -0.117. The van der Waals surface area contributed by atoms with Crippen LogP contribution in [0.5, 0.6) is 11.5 Å². The van der Waals surface area contributed by atoms with Crippen molar-refractivity contribution in [3.63, 3.8) is 0 Å². The number of methoxy groups -OCH3 is 2. The molecule has 0 unspecified atom stereocenters. The summed E-state index contributed by atoms with van der Waals surface area (Å²) in [6.45, 7) is 2.99. The van der Waals surface area contributed by atoms with Gasteiger partial charge in [-0.15, -0.1) is 0 Å². The number of carbonyl (C=O) groups excluding carboxylic acids is 1. The maximum absolute atomic E-state index is 12.2. The maximum atomic E-state index is 12.2. The number of carboxylic acids is 1. The molecule has 15 heteroatoms. The minimum Gasteiger partial charge on any atom is -0.493 e. The van der Waals surface area contributed by atoms with E-state index >= 15 is 0 Å². The molecule has 0 radical (unpaired) electrons. The van der Waals surface area contributed by atoms with E-state index in [1.807, 2.05) is 4.72 Å². The summed E-state index contributed by atoms with van der Waals surface area (Å²) in [4.78, 5) is 36.0. The molecule has 2 aromatic heterocycles. The largest absolute Gasteiger partial charge is 0.493 e. The van der Waals surface area contributed by atoms with Crippen molar-refractivity contribution in [3.05, 3.63) is 52.5 Å². The Balaban J connectivity index is 1.67. The van der Waals surface area contributed by atoms with Crippen molar-refractivity contribution in [1.29, 1.82) is 0 Å². The molecule has 39 heavy (non-hydrogen) atoms. The Labute approximate surface area is 227 Å². The summed E-state index contributed by atoms with van der Waals surface area (Å²) >= 11 is 0.962. The predicted octanol–water partition coefficient (Wildman–Crippen LogP) is 3.29. The Morgan fingerprint density at radius 2 is 1.69 bits per heavy atom. The number of thiazole rings is 1. The number of ether oxygens (including phenoxy) is 2. The number of sulfonamides is 1. The number of aromatic nitrogens is 3. The molecule has 4 N–H and O–H groups in total. The Morgan fingerprint density at radius 1 is 1.03 bits per heavy atom. The van der Waals surface area contributed by atoms with Gasteiger partial charge in [-0.25, -0.2) is 27.9 Å². The number of aryl methyl sites for hydroxylation is 1. The summed E-state index contributed by atoms with van der Waals surface area (Å²) in [5.41, 5.74) is 1.61. The van der Waals surface area contributed by atoms with Crippen LogP contribution in [0.3, 0.4) is 0 Å². The van der Waals surface area contributed by atoms with Crippen LogP contribution in [0.15, 0.2) is 41.3 Å². The molecule has 0 atom stereocenters. The number of benzene rings is 2. The average Bonchev–Trinajstić information content (AvgIpc) is 3.25. The van der Waals surface area contributed by atoms with Crippen molar-refractivity contribution in [2.45, 2.75) is 25.3 Å². The van der Waals surface area contributed by atoms with Crippen LogP contribution in [0, 0.1) is 6.92 Å². The van der Waals surface area contributed by atoms with Crippen molar-refractivity contribution in [3.8, 4) is 11.5 Å². The highest BCUT2D eigenvalue weighted by molar-refractivity contribution is 7.90. The first-order valence-electron chi connectivity index (χ1n) is 11.3. The van der Waals surface area contributed by atoms with Crippen LogP contribution in [0.25, 0.3) is 10.9 Å². The number of hydrogen-bond donors (Lipinski definition) is 4. The molecule has 0 spiro atoms. The van der Waals surface area contributed by atoms with Crippen molar-refractivity contribution in [2.75, 3.05) is 24.9 Å². The standard InChI is InChI=1S/C24H24N6O7S2/c1-12-20(22(32)33)38-24(26-12)29-23-27-17-10-19(37-4)18(36-3)9-16(17)21(28-23)25-11-14-5-7-15(8-6-14)39(34,35)30-13(2)31/h5-10H,11H2,1-4H3,(H,30,31)(H,32,33)(H2,25,26,27,28,29). The summed E-state index contributed by atoms with van der Waals surface area (Å²) in [7, 11) is -0.931. The topological polar surface area (TPSA) is 182 Å². The first kappa shape index (κ1) is 27.5. The molecule has 1 amide bonds. The summed E-state index contributed by atoms with van der Waals surface area (Å²) in [6, 6.07) is 9.42. The van der Waals surface area contributed by atoms with Crippen LogP contribution in [0.2, 0.25) is 0 Å². The van der Waals surface area contributed by atoms with E-state index < -0.39 is 21.9 Å². The number of fused-ring (bicyclic) bond motifs is 1. The van der Waals surface area contributed by atoms with Crippen LogP contribution in [-0.2, 0) is 21.4 Å². The second kappa shape index (κ2) is 11.1. The molecule has 4 rings (SSSR count). The Hall–Kier alpha value is -4.50. The van der Waals surface area contributed by atoms with Gasteiger partial charge < -0.3 is 19.9 Å². The molecule has 204 valence electrons. The van der Waals surface area contributed by atoms with E-state index in [4.69, 9.17) is 9.47 Å². The summed E-state index contributed by atoms with van der Waals surface area (Å²) in [5.74, 6) is -0.251. The normalized spacial score (nSPS) is 11.2. The smallest absolute Gasteiger partial charge is 0.347 e. The minimum atomic E-state index is -3.94. The number of carboxylic acid groups (broad SMARTS) is 1. The van der Waals surface area contributed by atoms with Gasteiger partial charge >= 0.3 is 5.97 Å². The van der Waals surface area contributed by atoms with Crippen LogP contribution < -0.4 is 24.8 Å². The van der Waals surface area contributed by atoms with Crippen LogP contribution in [-0.4, -0.2) is 54.6 Å². The molecule has 0 saturated carbocycles. The lowest BCUT2D eigenvalue weighted by Gasteiger charge is -2.14. The van der Waals surface area contributed by atoms with Gasteiger partial charge in [0.2, 0.25) is 11.9 Å². The fourth-order valence-electron chi connectivity index (χ4n) is 3.61. The molecule has 2 heterocycles. The zero-order valence-corrected chi connectivity index (χ0v) is 22.9.